The molecule has 0 aromatic heterocycles. The van der Waals surface area contributed by atoms with Crippen molar-refractivity contribution < 1.29 is 9.90 Å². The van der Waals surface area contributed by atoms with Crippen LogP contribution < -0.4 is 0 Å². The SMILES string of the molecule is CC1(C)CCC[C@]2(C)[C@@H](CO)C(=O)CC[C@@H]12. The molecule has 0 bridgehead atoms. The zero-order chi connectivity index (χ0) is 12.0. The van der Waals surface area contributed by atoms with Gasteiger partial charge in [-0.3, -0.25) is 4.79 Å². The van der Waals surface area contributed by atoms with Crippen LogP contribution in [0.25, 0.3) is 0 Å². The van der Waals surface area contributed by atoms with E-state index in [9.17, 15) is 9.90 Å². The lowest BCUT2D eigenvalue weighted by molar-refractivity contribution is -0.146. The zero-order valence-electron chi connectivity index (χ0n) is 10.8. The largest absolute Gasteiger partial charge is 0.396 e. The molecule has 2 aliphatic rings. The normalized spacial score (nSPS) is 42.9. The number of fused-ring (bicyclic) bond motifs is 1. The highest BCUT2D eigenvalue weighted by molar-refractivity contribution is 5.83. The third-order valence-corrected chi connectivity index (χ3v) is 5.32. The minimum absolute atomic E-state index is 0.0436. The Kier molecular flexibility index (Phi) is 2.90. The van der Waals surface area contributed by atoms with Crippen LogP contribution in [0.2, 0.25) is 0 Å². The monoisotopic (exact) mass is 224 g/mol. The number of hydrogen-bond donors (Lipinski definition) is 1. The van der Waals surface area contributed by atoms with Gasteiger partial charge < -0.3 is 5.11 Å². The number of rotatable bonds is 1. The van der Waals surface area contributed by atoms with Crippen molar-refractivity contribution in [1.29, 1.82) is 0 Å². The van der Waals surface area contributed by atoms with Crippen molar-refractivity contribution in [3.63, 3.8) is 0 Å². The van der Waals surface area contributed by atoms with Gasteiger partial charge in [0.1, 0.15) is 5.78 Å². The Balaban J connectivity index is 2.34. The maximum Gasteiger partial charge on any atom is 0.138 e. The first-order valence-electron chi connectivity index (χ1n) is 6.55. The quantitative estimate of drug-likeness (QED) is 0.743. The van der Waals surface area contributed by atoms with E-state index in [2.05, 4.69) is 20.8 Å². The van der Waals surface area contributed by atoms with Crippen molar-refractivity contribution in [3.05, 3.63) is 0 Å². The molecule has 0 spiro atoms. The van der Waals surface area contributed by atoms with Crippen LogP contribution in [-0.2, 0) is 4.79 Å². The summed E-state index contributed by atoms with van der Waals surface area (Å²) in [7, 11) is 0. The number of Topliss-reactive ketones (excluding diaryl/α,β-unsaturated/α-hetero) is 1. The third-order valence-electron chi connectivity index (χ3n) is 5.32. The van der Waals surface area contributed by atoms with Gasteiger partial charge in [0.05, 0.1) is 6.61 Å². The minimum atomic E-state index is -0.106. The van der Waals surface area contributed by atoms with Gasteiger partial charge in [-0.25, -0.2) is 0 Å². The van der Waals surface area contributed by atoms with Crippen LogP contribution in [0.15, 0.2) is 0 Å². The fourth-order valence-electron chi connectivity index (χ4n) is 4.44. The summed E-state index contributed by atoms with van der Waals surface area (Å²) in [5.41, 5.74) is 0.382. The average molecular weight is 224 g/mol. The van der Waals surface area contributed by atoms with E-state index in [-0.39, 0.29) is 17.9 Å². The molecule has 0 saturated heterocycles. The second-order valence-electron chi connectivity index (χ2n) is 6.64. The Bertz CT molecular complexity index is 295. The van der Waals surface area contributed by atoms with Gasteiger partial charge in [-0.2, -0.15) is 0 Å². The summed E-state index contributed by atoms with van der Waals surface area (Å²) < 4.78 is 0. The summed E-state index contributed by atoms with van der Waals surface area (Å²) in [6.07, 6.45) is 5.27. The molecule has 0 aromatic carbocycles. The van der Waals surface area contributed by atoms with E-state index in [1.54, 1.807) is 0 Å². The summed E-state index contributed by atoms with van der Waals surface area (Å²) in [5.74, 6) is 0.786. The van der Waals surface area contributed by atoms with Crippen molar-refractivity contribution in [2.75, 3.05) is 6.61 Å². The first kappa shape index (κ1) is 12.1. The van der Waals surface area contributed by atoms with E-state index in [0.717, 1.165) is 12.8 Å². The molecule has 0 heterocycles. The summed E-state index contributed by atoms with van der Waals surface area (Å²) >= 11 is 0. The molecular weight excluding hydrogens is 200 g/mol. The molecule has 0 amide bonds. The van der Waals surface area contributed by atoms with Gasteiger partial charge in [0.15, 0.2) is 0 Å². The summed E-state index contributed by atoms with van der Waals surface area (Å²) in [6, 6.07) is 0. The number of carbonyl (C=O) groups excluding carboxylic acids is 1. The molecule has 92 valence electrons. The maximum absolute atomic E-state index is 11.9. The number of ketones is 1. The smallest absolute Gasteiger partial charge is 0.138 e. The fraction of sp³-hybridized carbons (Fsp3) is 0.929. The second-order valence-corrected chi connectivity index (χ2v) is 6.64. The lowest BCUT2D eigenvalue weighted by Crippen LogP contribution is -2.52. The molecular formula is C14H24O2. The molecule has 0 unspecified atom stereocenters. The van der Waals surface area contributed by atoms with Crippen LogP contribution in [-0.4, -0.2) is 17.5 Å². The number of carbonyl (C=O) groups is 1. The second kappa shape index (κ2) is 3.83. The molecule has 2 rings (SSSR count). The van der Waals surface area contributed by atoms with Crippen molar-refractivity contribution >= 4 is 5.78 Å². The van der Waals surface area contributed by atoms with Gasteiger partial charge >= 0.3 is 0 Å². The van der Waals surface area contributed by atoms with Crippen LogP contribution in [0.4, 0.5) is 0 Å². The van der Waals surface area contributed by atoms with E-state index in [0.29, 0.717) is 23.5 Å². The predicted molar refractivity (Wildman–Crippen MR) is 64.0 cm³/mol. The Hall–Kier alpha value is -0.370. The summed E-state index contributed by atoms with van der Waals surface area (Å²) in [5, 5.41) is 9.51. The highest BCUT2D eigenvalue weighted by Gasteiger charge is 2.54. The molecule has 2 aliphatic carbocycles. The van der Waals surface area contributed by atoms with Crippen LogP contribution in [0.3, 0.4) is 0 Å². The molecule has 2 saturated carbocycles. The summed E-state index contributed by atoms with van der Waals surface area (Å²) in [4.78, 5) is 11.9. The Morgan fingerprint density at radius 3 is 2.62 bits per heavy atom. The standard InChI is InChI=1S/C14H24O2/c1-13(2)7-4-8-14(3)10(9-15)11(16)5-6-12(13)14/h10,12,15H,4-9H2,1-3H3/t10-,12-,14+/m0/s1. The molecule has 0 radical (unpaired) electrons. The van der Waals surface area contributed by atoms with Crippen molar-refractivity contribution in [2.45, 2.75) is 52.9 Å². The van der Waals surface area contributed by atoms with Crippen molar-refractivity contribution in [2.24, 2.45) is 22.7 Å². The van der Waals surface area contributed by atoms with Gasteiger partial charge in [0.25, 0.3) is 0 Å². The number of hydrogen-bond acceptors (Lipinski definition) is 2. The molecule has 16 heavy (non-hydrogen) atoms. The van der Waals surface area contributed by atoms with Gasteiger partial charge in [0.2, 0.25) is 0 Å². The van der Waals surface area contributed by atoms with Gasteiger partial charge in [-0.1, -0.05) is 27.2 Å². The topological polar surface area (TPSA) is 37.3 Å². The van der Waals surface area contributed by atoms with Crippen LogP contribution >= 0.6 is 0 Å². The first-order chi connectivity index (χ1) is 7.42. The van der Waals surface area contributed by atoms with Crippen molar-refractivity contribution in [1.82, 2.24) is 0 Å². The predicted octanol–water partition coefficient (Wildman–Crippen LogP) is 2.79. The van der Waals surface area contributed by atoms with E-state index in [4.69, 9.17) is 0 Å². The van der Waals surface area contributed by atoms with Crippen LogP contribution in [0, 0.1) is 22.7 Å². The first-order valence-corrected chi connectivity index (χ1v) is 6.55. The van der Waals surface area contributed by atoms with E-state index >= 15 is 0 Å². The van der Waals surface area contributed by atoms with Crippen molar-refractivity contribution in [3.8, 4) is 0 Å². The molecule has 2 heteroatoms. The highest BCUT2D eigenvalue weighted by Crippen LogP contribution is 2.58. The highest BCUT2D eigenvalue weighted by atomic mass is 16.3. The zero-order valence-corrected chi connectivity index (χ0v) is 10.8. The number of aliphatic hydroxyl groups is 1. The maximum atomic E-state index is 11.9. The molecule has 2 fully saturated rings. The van der Waals surface area contributed by atoms with Gasteiger partial charge in [-0.15, -0.1) is 0 Å². The van der Waals surface area contributed by atoms with Crippen LogP contribution in [0.1, 0.15) is 52.9 Å². The Morgan fingerprint density at radius 1 is 1.31 bits per heavy atom. The van der Waals surface area contributed by atoms with E-state index in [1.165, 1.54) is 12.8 Å². The average Bonchev–Trinajstić information content (AvgIpc) is 2.15. The Morgan fingerprint density at radius 2 is 2.00 bits per heavy atom. The lowest BCUT2D eigenvalue weighted by atomic mass is 9.48. The van der Waals surface area contributed by atoms with E-state index in [1.807, 2.05) is 0 Å². The minimum Gasteiger partial charge on any atom is -0.396 e. The third kappa shape index (κ3) is 1.62. The van der Waals surface area contributed by atoms with Gasteiger partial charge in [0, 0.05) is 12.3 Å². The van der Waals surface area contributed by atoms with Gasteiger partial charge in [-0.05, 0) is 36.0 Å². The molecule has 0 aliphatic heterocycles. The molecule has 1 N–H and O–H groups in total. The molecule has 0 aromatic rings. The lowest BCUT2D eigenvalue weighted by Gasteiger charge is -2.56. The van der Waals surface area contributed by atoms with E-state index < -0.39 is 0 Å². The number of aliphatic hydroxyl groups excluding tert-OH is 1. The van der Waals surface area contributed by atoms with Crippen LogP contribution in [0.5, 0.6) is 0 Å². The Labute approximate surface area is 98.4 Å². The molecule has 3 atom stereocenters. The fourth-order valence-corrected chi connectivity index (χ4v) is 4.44. The molecule has 2 nitrogen and oxygen atoms in total. The summed E-state index contributed by atoms with van der Waals surface area (Å²) in [6.45, 7) is 6.94.